The summed E-state index contributed by atoms with van der Waals surface area (Å²) in [4.78, 5) is 0. The number of hydrogen-bond acceptors (Lipinski definition) is 2. The first-order chi connectivity index (χ1) is 9.56. The van der Waals surface area contributed by atoms with Crippen molar-refractivity contribution in [3.8, 4) is 0 Å². The molecule has 108 valence electrons. The van der Waals surface area contributed by atoms with Gasteiger partial charge in [-0.15, -0.1) is 0 Å². The van der Waals surface area contributed by atoms with Gasteiger partial charge in [0.2, 0.25) is 0 Å². The van der Waals surface area contributed by atoms with Crippen molar-refractivity contribution in [3.63, 3.8) is 0 Å². The molecule has 1 heterocycles. The Labute approximate surface area is 117 Å². The van der Waals surface area contributed by atoms with E-state index in [2.05, 4.69) is 24.3 Å². The van der Waals surface area contributed by atoms with E-state index in [1.807, 2.05) is 6.07 Å². The molecule has 0 aliphatic carbocycles. The summed E-state index contributed by atoms with van der Waals surface area (Å²) in [6.45, 7) is 6.36. The Morgan fingerprint density at radius 2 is 2.00 bits per heavy atom. The van der Waals surface area contributed by atoms with Gasteiger partial charge in [-0.05, 0) is 36.2 Å². The van der Waals surface area contributed by atoms with E-state index in [1.165, 1.54) is 6.07 Å². The topological polar surface area (TPSA) is 29.9 Å². The molecule has 3 nitrogen and oxygen atoms in total. The highest BCUT2D eigenvalue weighted by atomic mass is 19.2. The van der Waals surface area contributed by atoms with E-state index >= 15 is 0 Å². The van der Waals surface area contributed by atoms with Crippen LogP contribution in [0.5, 0.6) is 0 Å². The van der Waals surface area contributed by atoms with Crippen LogP contribution < -0.4 is 5.32 Å². The molecule has 2 rings (SSSR count). The summed E-state index contributed by atoms with van der Waals surface area (Å²) in [5.41, 5.74) is 1.72. The summed E-state index contributed by atoms with van der Waals surface area (Å²) in [5, 5.41) is 7.56. The van der Waals surface area contributed by atoms with Gasteiger partial charge in [-0.2, -0.15) is 5.10 Å². The molecule has 0 amide bonds. The minimum atomic E-state index is -0.826. The minimum Gasteiger partial charge on any atom is -0.311 e. The molecule has 0 spiro atoms. The minimum absolute atomic E-state index is 0.433. The largest absolute Gasteiger partial charge is 0.311 e. The molecule has 0 saturated heterocycles. The lowest BCUT2D eigenvalue weighted by atomic mass is 10.2. The molecular weight excluding hydrogens is 260 g/mol. The van der Waals surface area contributed by atoms with Gasteiger partial charge < -0.3 is 5.32 Å². The Morgan fingerprint density at radius 1 is 1.20 bits per heavy atom. The Balaban J connectivity index is 2.02. The molecule has 1 aromatic heterocycles. The lowest BCUT2D eigenvalue weighted by Gasteiger charge is -2.10. The summed E-state index contributed by atoms with van der Waals surface area (Å²) in [6, 6.07) is 5.85. The number of rotatable bonds is 6. The molecule has 20 heavy (non-hydrogen) atoms. The monoisotopic (exact) mass is 279 g/mol. The first-order valence-electron chi connectivity index (χ1n) is 6.71. The Hall–Kier alpha value is -1.75. The number of nitrogens with zero attached hydrogens (tertiary/aromatic N) is 2. The van der Waals surface area contributed by atoms with Crippen molar-refractivity contribution in [1.82, 2.24) is 15.1 Å². The van der Waals surface area contributed by atoms with Gasteiger partial charge in [-0.25, -0.2) is 8.78 Å². The summed E-state index contributed by atoms with van der Waals surface area (Å²) >= 11 is 0. The van der Waals surface area contributed by atoms with E-state index in [0.29, 0.717) is 24.6 Å². The number of aromatic nitrogens is 2. The molecule has 1 aromatic carbocycles. The molecule has 0 atom stereocenters. The first-order valence-corrected chi connectivity index (χ1v) is 6.71. The van der Waals surface area contributed by atoms with Crippen molar-refractivity contribution in [1.29, 1.82) is 0 Å². The quantitative estimate of drug-likeness (QED) is 0.881. The molecule has 0 aliphatic rings. The maximum Gasteiger partial charge on any atom is 0.159 e. The van der Waals surface area contributed by atoms with Crippen LogP contribution in [0.15, 0.2) is 30.5 Å². The molecule has 2 aromatic rings. The van der Waals surface area contributed by atoms with Gasteiger partial charge in [0, 0.05) is 12.7 Å². The molecule has 5 heteroatoms. The SMILES string of the molecule is CC(C)CNCc1ccnn1Cc1ccc(F)c(F)c1. The molecule has 0 saturated carbocycles. The van der Waals surface area contributed by atoms with E-state index in [0.717, 1.165) is 18.3 Å². The van der Waals surface area contributed by atoms with Crippen LogP contribution in [0.2, 0.25) is 0 Å². The normalized spacial score (nSPS) is 11.2. The second-order valence-corrected chi connectivity index (χ2v) is 5.25. The zero-order valence-corrected chi connectivity index (χ0v) is 11.7. The highest BCUT2D eigenvalue weighted by molar-refractivity contribution is 5.18. The Kier molecular flexibility index (Phi) is 4.84. The third kappa shape index (κ3) is 3.87. The highest BCUT2D eigenvalue weighted by Crippen LogP contribution is 2.11. The fraction of sp³-hybridized carbons (Fsp3) is 0.400. The Morgan fingerprint density at radius 3 is 2.70 bits per heavy atom. The van der Waals surface area contributed by atoms with Gasteiger partial charge in [-0.3, -0.25) is 4.68 Å². The van der Waals surface area contributed by atoms with Crippen LogP contribution in [0.3, 0.4) is 0 Å². The molecule has 0 fully saturated rings. The second-order valence-electron chi connectivity index (χ2n) is 5.25. The van der Waals surface area contributed by atoms with E-state index in [1.54, 1.807) is 16.9 Å². The second kappa shape index (κ2) is 6.61. The van der Waals surface area contributed by atoms with Crippen LogP contribution in [-0.2, 0) is 13.1 Å². The summed E-state index contributed by atoms with van der Waals surface area (Å²) in [5.74, 6) is -1.07. The summed E-state index contributed by atoms with van der Waals surface area (Å²) < 4.78 is 27.9. The van der Waals surface area contributed by atoms with Gasteiger partial charge in [0.05, 0.1) is 12.2 Å². The van der Waals surface area contributed by atoms with Crippen molar-refractivity contribution >= 4 is 0 Å². The van der Waals surface area contributed by atoms with Gasteiger partial charge in [0.1, 0.15) is 0 Å². The van der Waals surface area contributed by atoms with Crippen molar-refractivity contribution in [2.45, 2.75) is 26.9 Å². The first kappa shape index (κ1) is 14.7. The third-order valence-electron chi connectivity index (χ3n) is 2.98. The lowest BCUT2D eigenvalue weighted by Crippen LogP contribution is -2.21. The smallest absolute Gasteiger partial charge is 0.159 e. The predicted molar refractivity (Wildman–Crippen MR) is 74.2 cm³/mol. The van der Waals surface area contributed by atoms with Gasteiger partial charge in [0.25, 0.3) is 0 Å². The highest BCUT2D eigenvalue weighted by Gasteiger charge is 2.06. The predicted octanol–water partition coefficient (Wildman–Crippen LogP) is 2.96. The zero-order valence-electron chi connectivity index (χ0n) is 11.7. The lowest BCUT2D eigenvalue weighted by molar-refractivity contribution is 0.504. The third-order valence-corrected chi connectivity index (χ3v) is 2.98. The molecule has 0 bridgehead atoms. The molecule has 1 N–H and O–H groups in total. The average molecular weight is 279 g/mol. The maximum absolute atomic E-state index is 13.2. The Bertz CT molecular complexity index is 564. The van der Waals surface area contributed by atoms with Gasteiger partial charge in [0.15, 0.2) is 11.6 Å². The van der Waals surface area contributed by atoms with Crippen molar-refractivity contribution in [3.05, 3.63) is 53.4 Å². The van der Waals surface area contributed by atoms with Crippen LogP contribution in [0.25, 0.3) is 0 Å². The molecule has 0 aliphatic heterocycles. The molecular formula is C15H19F2N3. The summed E-state index contributed by atoms with van der Waals surface area (Å²) in [7, 11) is 0. The van der Waals surface area contributed by atoms with Crippen LogP contribution in [0, 0.1) is 17.6 Å². The number of benzene rings is 1. The van der Waals surface area contributed by atoms with E-state index in [-0.39, 0.29) is 0 Å². The van der Waals surface area contributed by atoms with Crippen molar-refractivity contribution < 1.29 is 8.78 Å². The average Bonchev–Trinajstić information content (AvgIpc) is 2.81. The number of nitrogens with one attached hydrogen (secondary N) is 1. The number of halogens is 2. The zero-order chi connectivity index (χ0) is 14.5. The van der Waals surface area contributed by atoms with Crippen LogP contribution in [0.1, 0.15) is 25.1 Å². The van der Waals surface area contributed by atoms with Crippen molar-refractivity contribution in [2.75, 3.05) is 6.54 Å². The van der Waals surface area contributed by atoms with Crippen LogP contribution in [-0.4, -0.2) is 16.3 Å². The maximum atomic E-state index is 13.2. The van der Waals surface area contributed by atoms with Gasteiger partial charge >= 0.3 is 0 Å². The molecule has 0 radical (unpaired) electrons. The van der Waals surface area contributed by atoms with Gasteiger partial charge in [-0.1, -0.05) is 19.9 Å². The van der Waals surface area contributed by atoms with E-state index in [9.17, 15) is 8.78 Å². The van der Waals surface area contributed by atoms with Crippen LogP contribution in [0.4, 0.5) is 8.78 Å². The van der Waals surface area contributed by atoms with Crippen molar-refractivity contribution in [2.24, 2.45) is 5.92 Å². The van der Waals surface area contributed by atoms with E-state index < -0.39 is 11.6 Å². The summed E-state index contributed by atoms with van der Waals surface area (Å²) in [6.07, 6.45) is 1.71. The van der Waals surface area contributed by atoms with Crippen LogP contribution >= 0.6 is 0 Å². The standard InChI is InChI=1S/C15H19F2N3/c1-11(2)8-18-9-13-5-6-19-20(13)10-12-3-4-14(16)15(17)7-12/h3-7,11,18H,8-10H2,1-2H3. The molecule has 0 unspecified atom stereocenters. The fourth-order valence-electron chi connectivity index (χ4n) is 1.95. The number of hydrogen-bond donors (Lipinski definition) is 1. The fourth-order valence-corrected chi connectivity index (χ4v) is 1.95. The van der Waals surface area contributed by atoms with E-state index in [4.69, 9.17) is 0 Å².